The molecule has 6 heteroatoms. The molecule has 0 aliphatic heterocycles. The normalized spacial score (nSPS) is 10.7. The summed E-state index contributed by atoms with van der Waals surface area (Å²) in [6, 6.07) is 0. The topological polar surface area (TPSA) is 70.2 Å². The maximum Gasteiger partial charge on any atom is 0.308 e. The number of nitrogens with one attached hydrogen (secondary N) is 1. The minimum Gasteiger partial charge on any atom is -0.481 e. The molecule has 1 aromatic rings. The molecular formula is C9H9F2NO3. The summed E-state index contributed by atoms with van der Waals surface area (Å²) in [4.78, 5) is 23.8. The van der Waals surface area contributed by atoms with Crippen molar-refractivity contribution in [2.45, 2.75) is 19.8 Å². The molecule has 0 saturated heterocycles. The van der Waals surface area contributed by atoms with Crippen molar-refractivity contribution in [3.05, 3.63) is 33.2 Å². The Hall–Kier alpha value is -1.72. The van der Waals surface area contributed by atoms with Gasteiger partial charge in [0.05, 0.1) is 6.42 Å². The SMILES string of the molecule is Cc1c[nH]c(=O)c(CC(=O)O)c1C(F)F. The summed E-state index contributed by atoms with van der Waals surface area (Å²) in [6.45, 7) is 1.39. The third-order valence-electron chi connectivity index (χ3n) is 1.99. The van der Waals surface area contributed by atoms with E-state index in [9.17, 15) is 18.4 Å². The first-order chi connectivity index (χ1) is 6.93. The van der Waals surface area contributed by atoms with Crippen LogP contribution in [0.15, 0.2) is 11.0 Å². The van der Waals surface area contributed by atoms with Gasteiger partial charge in [0.15, 0.2) is 0 Å². The van der Waals surface area contributed by atoms with Crippen molar-refractivity contribution < 1.29 is 18.7 Å². The maximum absolute atomic E-state index is 12.6. The molecule has 0 aliphatic carbocycles. The number of aromatic amines is 1. The number of hydrogen-bond acceptors (Lipinski definition) is 2. The summed E-state index contributed by atoms with van der Waals surface area (Å²) in [5, 5.41) is 8.49. The highest BCUT2D eigenvalue weighted by atomic mass is 19.3. The molecule has 2 N–H and O–H groups in total. The van der Waals surface area contributed by atoms with Crippen LogP contribution in [0, 0.1) is 6.92 Å². The molecule has 0 saturated carbocycles. The first kappa shape index (κ1) is 11.4. The second-order valence-corrected chi connectivity index (χ2v) is 3.06. The van der Waals surface area contributed by atoms with E-state index in [0.717, 1.165) is 6.20 Å². The lowest BCUT2D eigenvalue weighted by atomic mass is 10.0. The zero-order valence-corrected chi connectivity index (χ0v) is 7.88. The van der Waals surface area contributed by atoms with Gasteiger partial charge in [-0.1, -0.05) is 0 Å². The summed E-state index contributed by atoms with van der Waals surface area (Å²) in [7, 11) is 0. The summed E-state index contributed by atoms with van der Waals surface area (Å²) >= 11 is 0. The molecule has 0 aromatic carbocycles. The van der Waals surface area contributed by atoms with E-state index in [4.69, 9.17) is 5.11 Å². The smallest absolute Gasteiger partial charge is 0.308 e. The number of carbonyl (C=O) groups is 1. The molecule has 0 spiro atoms. The minimum atomic E-state index is -2.85. The van der Waals surface area contributed by atoms with Gasteiger partial charge >= 0.3 is 5.97 Å². The Morgan fingerprint density at radius 1 is 1.60 bits per heavy atom. The maximum atomic E-state index is 12.6. The summed E-state index contributed by atoms with van der Waals surface area (Å²) < 4.78 is 25.1. The standard InChI is InChI=1S/C9H9F2NO3/c1-4-3-12-9(15)5(2-6(13)14)7(4)8(10)11/h3,8H,2H2,1H3,(H,12,15)(H,13,14). The second-order valence-electron chi connectivity index (χ2n) is 3.06. The van der Waals surface area contributed by atoms with Crippen LogP contribution in [0.3, 0.4) is 0 Å². The number of carboxylic acids is 1. The lowest BCUT2D eigenvalue weighted by Crippen LogP contribution is -2.20. The number of pyridine rings is 1. The van der Waals surface area contributed by atoms with Crippen LogP contribution in [0.2, 0.25) is 0 Å². The van der Waals surface area contributed by atoms with Gasteiger partial charge in [0.2, 0.25) is 0 Å². The average molecular weight is 217 g/mol. The molecule has 4 nitrogen and oxygen atoms in total. The number of alkyl halides is 2. The van der Waals surface area contributed by atoms with Gasteiger partial charge in [-0.2, -0.15) is 0 Å². The third-order valence-corrected chi connectivity index (χ3v) is 1.99. The first-order valence-electron chi connectivity index (χ1n) is 4.14. The van der Waals surface area contributed by atoms with Crippen molar-refractivity contribution in [3.8, 4) is 0 Å². The molecule has 1 heterocycles. The summed E-state index contributed by atoms with van der Waals surface area (Å²) in [5.74, 6) is -1.31. The number of aryl methyl sites for hydroxylation is 1. The Bertz CT molecular complexity index is 439. The Morgan fingerprint density at radius 3 is 2.67 bits per heavy atom. The highest BCUT2D eigenvalue weighted by Gasteiger charge is 2.20. The van der Waals surface area contributed by atoms with E-state index in [1.807, 2.05) is 0 Å². The van der Waals surface area contributed by atoms with E-state index in [-0.39, 0.29) is 11.1 Å². The largest absolute Gasteiger partial charge is 0.481 e. The number of H-pyrrole nitrogens is 1. The van der Waals surface area contributed by atoms with E-state index in [2.05, 4.69) is 4.98 Å². The van der Waals surface area contributed by atoms with Crippen molar-refractivity contribution in [1.29, 1.82) is 0 Å². The first-order valence-corrected chi connectivity index (χ1v) is 4.14. The molecule has 1 aromatic heterocycles. The molecule has 0 amide bonds. The van der Waals surface area contributed by atoms with Gasteiger partial charge < -0.3 is 10.1 Å². The van der Waals surface area contributed by atoms with Gasteiger partial charge in [-0.15, -0.1) is 0 Å². The quantitative estimate of drug-likeness (QED) is 0.800. The van der Waals surface area contributed by atoms with E-state index in [1.165, 1.54) is 6.92 Å². The van der Waals surface area contributed by atoms with Crippen molar-refractivity contribution >= 4 is 5.97 Å². The number of hydrogen-bond donors (Lipinski definition) is 2. The van der Waals surface area contributed by atoms with Crippen LogP contribution >= 0.6 is 0 Å². The Morgan fingerprint density at radius 2 is 2.20 bits per heavy atom. The fourth-order valence-corrected chi connectivity index (χ4v) is 1.33. The van der Waals surface area contributed by atoms with Crippen LogP contribution in [0.4, 0.5) is 8.78 Å². The van der Waals surface area contributed by atoms with Crippen LogP contribution in [0.5, 0.6) is 0 Å². The monoisotopic (exact) mass is 217 g/mol. The van der Waals surface area contributed by atoms with E-state index in [0.29, 0.717) is 0 Å². The van der Waals surface area contributed by atoms with Crippen molar-refractivity contribution in [3.63, 3.8) is 0 Å². The van der Waals surface area contributed by atoms with Crippen LogP contribution < -0.4 is 5.56 Å². The van der Waals surface area contributed by atoms with Crippen molar-refractivity contribution in [2.75, 3.05) is 0 Å². The Labute approximate surface area is 83.6 Å². The zero-order valence-electron chi connectivity index (χ0n) is 7.88. The molecular weight excluding hydrogens is 208 g/mol. The predicted octanol–water partition coefficient (Wildman–Crippen LogP) is 1.25. The number of carboxylic acid groups (broad SMARTS) is 1. The van der Waals surface area contributed by atoms with Crippen LogP contribution in [0.1, 0.15) is 23.1 Å². The van der Waals surface area contributed by atoms with Crippen molar-refractivity contribution in [2.24, 2.45) is 0 Å². The molecule has 1 rings (SSSR count). The van der Waals surface area contributed by atoms with Crippen LogP contribution in [-0.2, 0) is 11.2 Å². The fraction of sp³-hybridized carbons (Fsp3) is 0.333. The van der Waals surface area contributed by atoms with Gasteiger partial charge in [0, 0.05) is 17.3 Å². The minimum absolute atomic E-state index is 0.181. The molecule has 0 unspecified atom stereocenters. The fourth-order valence-electron chi connectivity index (χ4n) is 1.33. The highest BCUT2D eigenvalue weighted by molar-refractivity contribution is 5.70. The van der Waals surface area contributed by atoms with Crippen LogP contribution in [-0.4, -0.2) is 16.1 Å². The number of rotatable bonds is 3. The lowest BCUT2D eigenvalue weighted by molar-refractivity contribution is -0.136. The van der Waals surface area contributed by atoms with E-state index >= 15 is 0 Å². The molecule has 15 heavy (non-hydrogen) atoms. The summed E-state index contributed by atoms with van der Waals surface area (Å²) in [6.07, 6.45) is -2.40. The highest BCUT2D eigenvalue weighted by Crippen LogP contribution is 2.24. The molecule has 82 valence electrons. The molecule has 0 aliphatic rings. The zero-order chi connectivity index (χ0) is 11.6. The van der Waals surface area contributed by atoms with Crippen LogP contribution in [0.25, 0.3) is 0 Å². The number of halogens is 2. The molecule has 0 fully saturated rings. The Kier molecular flexibility index (Phi) is 3.18. The van der Waals surface area contributed by atoms with Gasteiger partial charge in [-0.3, -0.25) is 9.59 Å². The van der Waals surface area contributed by atoms with E-state index < -0.39 is 29.9 Å². The van der Waals surface area contributed by atoms with E-state index in [1.54, 1.807) is 0 Å². The second kappa shape index (κ2) is 4.20. The number of aromatic nitrogens is 1. The van der Waals surface area contributed by atoms with Gasteiger partial charge in [0.1, 0.15) is 0 Å². The van der Waals surface area contributed by atoms with Gasteiger partial charge in [0.25, 0.3) is 12.0 Å². The summed E-state index contributed by atoms with van der Waals surface area (Å²) in [5.41, 5.74) is -1.46. The van der Waals surface area contributed by atoms with Gasteiger partial charge in [-0.05, 0) is 12.5 Å². The molecule has 0 radical (unpaired) electrons. The predicted molar refractivity (Wildman–Crippen MR) is 48.1 cm³/mol. The number of aliphatic carboxylic acids is 1. The van der Waals surface area contributed by atoms with Gasteiger partial charge in [-0.25, -0.2) is 8.78 Å². The third kappa shape index (κ3) is 2.39. The lowest BCUT2D eigenvalue weighted by Gasteiger charge is -2.08. The average Bonchev–Trinajstić information content (AvgIpc) is 2.10. The molecule has 0 atom stereocenters. The Balaban J connectivity index is 3.38. The molecule has 0 bridgehead atoms. The van der Waals surface area contributed by atoms with Crippen molar-refractivity contribution in [1.82, 2.24) is 4.98 Å².